The smallest absolute Gasteiger partial charge is 0.130 e. The van der Waals surface area contributed by atoms with Gasteiger partial charge in [0.1, 0.15) is 11.6 Å². The SMILES string of the molecule is Cc1ccccc1CCC(N)c1ccc(F)cc1F. The third-order valence-electron chi connectivity index (χ3n) is 3.35. The molecule has 2 aromatic carbocycles. The maximum Gasteiger partial charge on any atom is 0.130 e. The molecular weight excluding hydrogens is 244 g/mol. The molecule has 3 heteroatoms. The molecule has 0 aromatic heterocycles. The number of hydrogen-bond donors (Lipinski definition) is 1. The van der Waals surface area contributed by atoms with Crippen LogP contribution in [0, 0.1) is 18.6 Å². The van der Waals surface area contributed by atoms with E-state index >= 15 is 0 Å². The van der Waals surface area contributed by atoms with Crippen molar-refractivity contribution in [1.29, 1.82) is 0 Å². The van der Waals surface area contributed by atoms with Gasteiger partial charge >= 0.3 is 0 Å². The number of aryl methyl sites for hydroxylation is 2. The van der Waals surface area contributed by atoms with Crippen molar-refractivity contribution in [2.75, 3.05) is 0 Å². The molecule has 0 amide bonds. The Morgan fingerprint density at radius 2 is 1.84 bits per heavy atom. The molecule has 0 aliphatic rings. The van der Waals surface area contributed by atoms with Crippen LogP contribution in [0.15, 0.2) is 42.5 Å². The van der Waals surface area contributed by atoms with E-state index in [0.29, 0.717) is 12.0 Å². The lowest BCUT2D eigenvalue weighted by Crippen LogP contribution is -2.13. The minimum absolute atomic E-state index is 0.370. The lowest BCUT2D eigenvalue weighted by Gasteiger charge is -2.14. The second-order valence-electron chi connectivity index (χ2n) is 4.74. The molecule has 2 N–H and O–H groups in total. The summed E-state index contributed by atoms with van der Waals surface area (Å²) in [5.74, 6) is -1.15. The first-order valence-electron chi connectivity index (χ1n) is 6.33. The topological polar surface area (TPSA) is 26.0 Å². The van der Waals surface area contributed by atoms with E-state index in [1.54, 1.807) is 0 Å². The van der Waals surface area contributed by atoms with Crippen molar-refractivity contribution in [2.45, 2.75) is 25.8 Å². The lowest BCUT2D eigenvalue weighted by atomic mass is 9.97. The fourth-order valence-electron chi connectivity index (χ4n) is 2.16. The molecule has 1 nitrogen and oxygen atoms in total. The summed E-state index contributed by atoms with van der Waals surface area (Å²) in [6, 6.07) is 11.2. The molecule has 1 unspecified atom stereocenters. The zero-order chi connectivity index (χ0) is 13.8. The summed E-state index contributed by atoms with van der Waals surface area (Å²) in [5.41, 5.74) is 8.76. The summed E-state index contributed by atoms with van der Waals surface area (Å²) < 4.78 is 26.4. The Balaban J connectivity index is 2.05. The normalized spacial score (nSPS) is 12.4. The first-order valence-corrected chi connectivity index (χ1v) is 6.33. The van der Waals surface area contributed by atoms with Gasteiger partial charge in [-0.3, -0.25) is 0 Å². The summed E-state index contributed by atoms with van der Waals surface area (Å²) in [6.45, 7) is 2.04. The van der Waals surface area contributed by atoms with E-state index in [0.717, 1.165) is 12.5 Å². The lowest BCUT2D eigenvalue weighted by molar-refractivity contribution is 0.543. The van der Waals surface area contributed by atoms with E-state index in [9.17, 15) is 8.78 Å². The minimum Gasteiger partial charge on any atom is -0.324 e. The zero-order valence-electron chi connectivity index (χ0n) is 10.9. The van der Waals surface area contributed by atoms with Crippen LogP contribution in [0.3, 0.4) is 0 Å². The molecule has 2 aromatic rings. The van der Waals surface area contributed by atoms with Crippen molar-refractivity contribution in [3.63, 3.8) is 0 Å². The molecule has 100 valence electrons. The molecular formula is C16H17F2N. The molecule has 2 rings (SSSR count). The number of halogens is 2. The fraction of sp³-hybridized carbons (Fsp3) is 0.250. The van der Waals surface area contributed by atoms with Crippen molar-refractivity contribution in [3.05, 3.63) is 70.8 Å². The largest absolute Gasteiger partial charge is 0.324 e. The third kappa shape index (κ3) is 3.38. The Morgan fingerprint density at radius 1 is 1.11 bits per heavy atom. The molecule has 1 atom stereocenters. The maximum absolute atomic E-state index is 13.6. The van der Waals surface area contributed by atoms with Crippen molar-refractivity contribution in [1.82, 2.24) is 0 Å². The highest BCUT2D eigenvalue weighted by Gasteiger charge is 2.12. The Bertz CT molecular complexity index is 566. The first kappa shape index (κ1) is 13.7. The van der Waals surface area contributed by atoms with Crippen molar-refractivity contribution in [3.8, 4) is 0 Å². The molecule has 0 fully saturated rings. The number of nitrogens with two attached hydrogens (primary N) is 1. The zero-order valence-corrected chi connectivity index (χ0v) is 10.9. The number of hydrogen-bond acceptors (Lipinski definition) is 1. The average molecular weight is 261 g/mol. The van der Waals surface area contributed by atoms with E-state index in [-0.39, 0.29) is 0 Å². The highest BCUT2D eigenvalue weighted by molar-refractivity contribution is 5.27. The fourth-order valence-corrected chi connectivity index (χ4v) is 2.16. The van der Waals surface area contributed by atoms with Crippen LogP contribution < -0.4 is 5.73 Å². The minimum atomic E-state index is -0.577. The van der Waals surface area contributed by atoms with Gasteiger partial charge in [0.15, 0.2) is 0 Å². The van der Waals surface area contributed by atoms with Crippen LogP contribution in [-0.4, -0.2) is 0 Å². The van der Waals surface area contributed by atoms with Gasteiger partial charge in [-0.05, 0) is 37.0 Å². The van der Waals surface area contributed by atoms with E-state index < -0.39 is 17.7 Å². The second kappa shape index (κ2) is 5.93. The van der Waals surface area contributed by atoms with Gasteiger partial charge in [-0.25, -0.2) is 8.78 Å². The predicted octanol–water partition coefficient (Wildman–Crippen LogP) is 3.91. The van der Waals surface area contributed by atoms with Crippen LogP contribution in [0.2, 0.25) is 0 Å². The quantitative estimate of drug-likeness (QED) is 0.887. The van der Waals surface area contributed by atoms with E-state index in [2.05, 4.69) is 0 Å². The first-order chi connectivity index (χ1) is 9.08. The summed E-state index contributed by atoms with van der Waals surface area (Å²) in [4.78, 5) is 0. The molecule has 0 saturated carbocycles. The van der Waals surface area contributed by atoms with Crippen LogP contribution in [0.1, 0.15) is 29.2 Å². The highest BCUT2D eigenvalue weighted by atomic mass is 19.1. The molecule has 0 aliphatic carbocycles. The summed E-state index contributed by atoms with van der Waals surface area (Å²) in [6.07, 6.45) is 1.41. The highest BCUT2D eigenvalue weighted by Crippen LogP contribution is 2.21. The molecule has 0 spiro atoms. The third-order valence-corrected chi connectivity index (χ3v) is 3.35. The van der Waals surface area contributed by atoms with E-state index in [1.807, 2.05) is 31.2 Å². The van der Waals surface area contributed by atoms with Crippen LogP contribution >= 0.6 is 0 Å². The summed E-state index contributed by atoms with van der Waals surface area (Å²) >= 11 is 0. The summed E-state index contributed by atoms with van der Waals surface area (Å²) in [5, 5.41) is 0. The van der Waals surface area contributed by atoms with Gasteiger partial charge in [0, 0.05) is 17.7 Å². The summed E-state index contributed by atoms with van der Waals surface area (Å²) in [7, 11) is 0. The maximum atomic E-state index is 13.6. The van der Waals surface area contributed by atoms with Gasteiger partial charge < -0.3 is 5.73 Å². The monoisotopic (exact) mass is 261 g/mol. The Morgan fingerprint density at radius 3 is 2.53 bits per heavy atom. The van der Waals surface area contributed by atoms with Gasteiger partial charge in [-0.1, -0.05) is 30.3 Å². The van der Waals surface area contributed by atoms with Gasteiger partial charge in [0.2, 0.25) is 0 Å². The van der Waals surface area contributed by atoms with Crippen LogP contribution in [-0.2, 0) is 6.42 Å². The van der Waals surface area contributed by atoms with Crippen molar-refractivity contribution >= 4 is 0 Å². The van der Waals surface area contributed by atoms with Gasteiger partial charge in [-0.15, -0.1) is 0 Å². The Labute approximate surface area is 112 Å². The van der Waals surface area contributed by atoms with Crippen LogP contribution in [0.25, 0.3) is 0 Å². The molecule has 0 aliphatic heterocycles. The predicted molar refractivity (Wildman–Crippen MR) is 72.8 cm³/mol. The molecule has 0 saturated heterocycles. The standard InChI is InChI=1S/C16H17F2N/c1-11-4-2-3-5-12(11)6-9-16(19)14-8-7-13(17)10-15(14)18/h2-5,7-8,10,16H,6,9,19H2,1H3. The molecule has 0 heterocycles. The average Bonchev–Trinajstić information content (AvgIpc) is 2.37. The Hall–Kier alpha value is -1.74. The van der Waals surface area contributed by atoms with Crippen LogP contribution in [0.5, 0.6) is 0 Å². The Kier molecular flexibility index (Phi) is 4.27. The number of benzene rings is 2. The van der Waals surface area contributed by atoms with Crippen LogP contribution in [0.4, 0.5) is 8.78 Å². The van der Waals surface area contributed by atoms with E-state index in [1.165, 1.54) is 23.3 Å². The van der Waals surface area contributed by atoms with Gasteiger partial charge in [-0.2, -0.15) is 0 Å². The molecule has 0 bridgehead atoms. The molecule has 0 radical (unpaired) electrons. The van der Waals surface area contributed by atoms with Gasteiger partial charge in [0.25, 0.3) is 0 Å². The van der Waals surface area contributed by atoms with Crippen molar-refractivity contribution < 1.29 is 8.78 Å². The molecule has 19 heavy (non-hydrogen) atoms. The van der Waals surface area contributed by atoms with Crippen molar-refractivity contribution in [2.24, 2.45) is 5.73 Å². The number of rotatable bonds is 4. The van der Waals surface area contributed by atoms with Gasteiger partial charge in [0.05, 0.1) is 0 Å². The second-order valence-corrected chi connectivity index (χ2v) is 4.74. The van der Waals surface area contributed by atoms with E-state index in [4.69, 9.17) is 5.73 Å².